The summed E-state index contributed by atoms with van der Waals surface area (Å²) in [7, 11) is 1.36. The van der Waals surface area contributed by atoms with Crippen LogP contribution < -0.4 is 14.7 Å². The minimum absolute atomic E-state index is 0. The smallest absolute Gasteiger partial charge is 0.822 e. The van der Waals surface area contributed by atoms with Crippen LogP contribution in [0.3, 0.4) is 0 Å². The van der Waals surface area contributed by atoms with Crippen LogP contribution in [0.15, 0.2) is 0 Å². The van der Waals surface area contributed by atoms with Crippen molar-refractivity contribution >= 4 is 7.82 Å². The third-order valence-electron chi connectivity index (χ3n) is 0. The van der Waals surface area contributed by atoms with E-state index in [1.165, 1.54) is 0 Å². The molecule has 0 rings (SSSR count). The molecule has 11 heteroatoms. The van der Waals surface area contributed by atoms with Crippen LogP contribution in [0, 0.1) is 21.3 Å². The van der Waals surface area contributed by atoms with E-state index in [0.29, 0.717) is 0 Å². The Kier molecular flexibility index (Phi) is 147. The van der Waals surface area contributed by atoms with Crippen LogP contribution in [0.4, 0.5) is 0 Å². The number of hydrogen-bond acceptors (Lipinski definition) is 7. The zero-order valence-electron chi connectivity index (χ0n) is 7.66. The molecule has 0 bridgehead atoms. The van der Waals surface area contributed by atoms with Gasteiger partial charge in [0.25, 0.3) is 0 Å². The van der Waals surface area contributed by atoms with Gasteiger partial charge in [0, 0.05) is 0 Å². The third-order valence-corrected chi connectivity index (χ3v) is 0. The first kappa shape index (κ1) is 44.6. The predicted octanol–water partition coefficient (Wildman–Crippen LogP) is -2.38. The maximum Gasteiger partial charge on any atom is 2.00 e. The molecule has 0 aromatic heterocycles. The summed E-state index contributed by atoms with van der Waals surface area (Å²) in [6.45, 7) is 0. The predicted molar refractivity (Wildman–Crippen MR) is 29.5 cm³/mol. The molecule has 7 nitrogen and oxygen atoms in total. The van der Waals surface area contributed by atoms with Crippen LogP contribution in [0.2, 0.25) is 0 Å². The van der Waals surface area contributed by atoms with Crippen molar-refractivity contribution in [1.29, 1.82) is 0 Å². The summed E-state index contributed by atoms with van der Waals surface area (Å²) in [5.74, 6) is 0. The Hall–Kier alpha value is 1.86. The van der Waals surface area contributed by atoms with Crippen molar-refractivity contribution in [1.82, 2.24) is 0 Å². The number of phosphoric acid groups is 1. The van der Waals surface area contributed by atoms with Crippen molar-refractivity contribution in [2.45, 2.75) is 0 Å². The molecule has 0 amide bonds. The van der Waals surface area contributed by atoms with Crippen molar-refractivity contribution in [3.8, 4) is 0 Å². The maximum absolute atomic E-state index is 8.55. The van der Waals surface area contributed by atoms with Crippen molar-refractivity contribution in [3.05, 3.63) is 21.3 Å². The van der Waals surface area contributed by atoms with Crippen molar-refractivity contribution < 1.29 is 93.0 Å². The molecule has 0 saturated heterocycles. The second kappa shape index (κ2) is 46.2. The average molecular weight is 384 g/mol. The first-order valence-corrected chi connectivity index (χ1v) is 3.14. The Balaban J connectivity index is -0.00000000972. The molecule has 0 unspecified atom stereocenters. The van der Waals surface area contributed by atoms with E-state index >= 15 is 0 Å². The minimum atomic E-state index is -5.39. The van der Waals surface area contributed by atoms with Crippen LogP contribution in [0.25, 0.3) is 0 Å². The van der Waals surface area contributed by atoms with Gasteiger partial charge in [-0.2, -0.15) is 7.82 Å². The van der Waals surface area contributed by atoms with E-state index in [4.69, 9.17) is 34.6 Å². The molecule has 0 heterocycles. The second-order valence-corrected chi connectivity index (χ2v) is 1.34. The quantitative estimate of drug-likeness (QED) is 0.240. The fourth-order valence-electron chi connectivity index (χ4n) is 0. The zero-order valence-corrected chi connectivity index (χ0v) is 17.5. The largest absolute Gasteiger partial charge is 2.00 e. The van der Waals surface area contributed by atoms with Crippen LogP contribution in [-0.4, -0.2) is 15.3 Å². The summed E-state index contributed by atoms with van der Waals surface area (Å²) < 4.78 is 8.55. The van der Waals surface area contributed by atoms with E-state index < -0.39 is 7.82 Å². The number of aliphatic hydroxyl groups excluding tert-OH is 3. The first-order valence-electron chi connectivity index (χ1n) is 1.68. The van der Waals surface area contributed by atoms with Gasteiger partial charge < -0.3 is 34.6 Å². The van der Waals surface area contributed by atoms with E-state index in [1.54, 1.807) is 0 Å². The molecule has 0 radical (unpaired) electrons. The van der Waals surface area contributed by atoms with E-state index in [0.717, 1.165) is 0 Å². The maximum atomic E-state index is 8.55. The molecule has 0 aromatic carbocycles. The molecule has 0 aromatic rings. The molecule has 0 aliphatic rings. The van der Waals surface area contributed by atoms with E-state index in [9.17, 15) is 0 Å². The summed E-state index contributed by atoms with van der Waals surface area (Å²) >= 11 is 0. The van der Waals surface area contributed by atoms with Gasteiger partial charge in [-0.05, 0) is 0 Å². The van der Waals surface area contributed by atoms with Gasteiger partial charge in [0.2, 0.25) is 0 Å². The Bertz CT molecular complexity index is 70.3. The van der Waals surface area contributed by atoms with Crippen LogP contribution >= 0.6 is 7.82 Å². The number of aliphatic hydroxyl groups is 3. The summed E-state index contributed by atoms with van der Waals surface area (Å²) in [6, 6.07) is 0. The van der Waals surface area contributed by atoms with E-state index in [-0.39, 0.29) is 58.4 Å². The summed E-state index contributed by atoms with van der Waals surface area (Å²) in [4.78, 5) is 25.6. The van der Waals surface area contributed by atoms with E-state index in [1.807, 2.05) is 0 Å². The molecule has 0 spiro atoms. The number of hydrogen-bond donors (Lipinski definition) is 3. The molecule has 0 fully saturated rings. The van der Waals surface area contributed by atoms with Crippen molar-refractivity contribution in [2.24, 2.45) is 0 Å². The molecular formula is C3H9O7PZn3. The molecule has 0 atom stereocenters. The zero-order chi connectivity index (χ0) is 10.5. The average Bonchev–Trinajstić information content (AvgIpc) is 1.96. The fraction of sp³-hybridized carbons (Fsp3) is 0. The monoisotopic (exact) mass is 380 g/mol. The van der Waals surface area contributed by atoms with Crippen molar-refractivity contribution in [2.75, 3.05) is 0 Å². The Morgan fingerprint density at radius 2 is 0.714 bits per heavy atom. The summed E-state index contributed by atoms with van der Waals surface area (Å²) in [5.41, 5.74) is 0. The fourth-order valence-corrected chi connectivity index (χ4v) is 0. The SMILES string of the molecule is O=P([O-])([O-])[O-].[CH2-]O.[CH2-]O.[CH2-]O.[Zn+2].[Zn+2].[Zn+2]. The van der Waals surface area contributed by atoms with Gasteiger partial charge >= 0.3 is 58.4 Å². The van der Waals surface area contributed by atoms with Crippen molar-refractivity contribution in [3.63, 3.8) is 0 Å². The van der Waals surface area contributed by atoms with Crippen LogP contribution in [-0.2, 0) is 63.0 Å². The Morgan fingerprint density at radius 3 is 0.714 bits per heavy atom. The van der Waals surface area contributed by atoms with Gasteiger partial charge in [-0.15, -0.1) is 0 Å². The van der Waals surface area contributed by atoms with Gasteiger partial charge in [0.1, 0.15) is 0 Å². The van der Waals surface area contributed by atoms with Gasteiger partial charge in [0.05, 0.1) is 0 Å². The van der Waals surface area contributed by atoms with Gasteiger partial charge in [-0.1, -0.05) is 0 Å². The molecule has 0 aliphatic heterocycles. The molecular weight excluding hydrogens is 375 g/mol. The topological polar surface area (TPSA) is 147 Å². The van der Waals surface area contributed by atoms with Crippen LogP contribution in [0.1, 0.15) is 0 Å². The van der Waals surface area contributed by atoms with Gasteiger partial charge in [-0.3, -0.25) is 0 Å². The van der Waals surface area contributed by atoms with Gasteiger partial charge in [-0.25, -0.2) is 21.3 Å². The first-order chi connectivity index (χ1) is 5.00. The molecule has 3 N–H and O–H groups in total. The third kappa shape index (κ3) is 662. The van der Waals surface area contributed by atoms with Gasteiger partial charge in [0.15, 0.2) is 0 Å². The molecule has 74 valence electrons. The summed E-state index contributed by atoms with van der Waals surface area (Å²) in [5, 5.41) is 20.2. The second-order valence-electron chi connectivity index (χ2n) is 0.447. The number of rotatable bonds is 0. The van der Waals surface area contributed by atoms with E-state index in [2.05, 4.69) is 21.3 Å². The normalized spacial score (nSPS) is 5.50. The molecule has 0 aliphatic carbocycles. The molecule has 0 saturated carbocycles. The Labute approximate surface area is 121 Å². The standard InChI is InChI=1S/3CH3O.H3O4P.3Zn/c3*1-2;1-5(2,3)4;;;/h3*2H,1H2;(H3,1,2,3,4);;;/q3*-1;;3*+2/p-3. The molecule has 14 heavy (non-hydrogen) atoms. The van der Waals surface area contributed by atoms with Crippen LogP contribution in [0.5, 0.6) is 0 Å². The summed E-state index contributed by atoms with van der Waals surface area (Å²) in [6.07, 6.45) is 0. The minimum Gasteiger partial charge on any atom is -0.822 e. The Morgan fingerprint density at radius 1 is 0.714 bits per heavy atom.